The first kappa shape index (κ1) is 26.7. The van der Waals surface area contributed by atoms with Crippen molar-refractivity contribution in [2.45, 2.75) is 40.4 Å². The minimum atomic E-state index is -4.69. The van der Waals surface area contributed by atoms with E-state index in [-0.39, 0.29) is 5.82 Å². The molecule has 0 fully saturated rings. The first-order valence-electron chi connectivity index (χ1n) is 11.2. The van der Waals surface area contributed by atoms with Crippen molar-refractivity contribution in [1.82, 2.24) is 30.1 Å². The van der Waals surface area contributed by atoms with Gasteiger partial charge in [0.2, 0.25) is 5.82 Å². The van der Waals surface area contributed by atoms with Crippen LogP contribution in [0.3, 0.4) is 0 Å². The fraction of sp³-hybridized carbons (Fsp3) is 0.250. The smallest absolute Gasteiger partial charge is 0.329 e. The lowest BCUT2D eigenvalue weighted by Gasteiger charge is -2.23. The summed E-state index contributed by atoms with van der Waals surface area (Å²) in [6, 6.07) is 8.98. The van der Waals surface area contributed by atoms with Crippen molar-refractivity contribution < 1.29 is 17.7 Å². The van der Waals surface area contributed by atoms with Crippen molar-refractivity contribution >= 4 is 33.9 Å². The fourth-order valence-electron chi connectivity index (χ4n) is 3.08. The molecule has 0 amide bonds. The number of halogens is 3. The predicted octanol–water partition coefficient (Wildman–Crippen LogP) is 6.94. The van der Waals surface area contributed by atoms with Crippen molar-refractivity contribution in [3.05, 3.63) is 72.1 Å². The molecule has 0 N–H and O–H groups in total. The molecule has 0 aliphatic heterocycles. The van der Waals surface area contributed by atoms with E-state index in [1.54, 1.807) is 43.1 Å². The summed E-state index contributed by atoms with van der Waals surface area (Å²) in [5.41, 5.74) is 0.768. The molecule has 0 unspecified atom stereocenters. The third-order valence-corrected chi connectivity index (χ3v) is 5.52. The van der Waals surface area contributed by atoms with E-state index in [2.05, 4.69) is 34.6 Å². The molecular formula is C24H24F3N7OS. The number of anilines is 2. The summed E-state index contributed by atoms with van der Waals surface area (Å²) in [6.07, 6.45) is 3.42. The van der Waals surface area contributed by atoms with E-state index < -0.39 is 12.1 Å². The Morgan fingerprint density at radius 1 is 0.917 bits per heavy atom. The average molecular weight is 516 g/mol. The zero-order chi connectivity index (χ0) is 26.1. The molecular weight excluding hydrogens is 491 g/mol. The Balaban J connectivity index is 0.000000861. The second kappa shape index (κ2) is 12.2. The molecule has 8 nitrogen and oxygen atoms in total. The second-order valence-corrected chi connectivity index (χ2v) is 7.71. The standard InChI is InChI=1S/C20H12F3N7OS.2C2H6/c21-20(22,23)19-28-17(29-31-19)15-4-3-12(32-15)11-30(16-10-24-8-9-26-16)18-13-2-1-6-25-14(13)5-7-27-18;2*1-2/h1-10H,11H2;2*1-2H3. The van der Waals surface area contributed by atoms with Crippen LogP contribution in [0.4, 0.5) is 24.8 Å². The van der Waals surface area contributed by atoms with Gasteiger partial charge in [0.1, 0.15) is 5.82 Å². The van der Waals surface area contributed by atoms with E-state index >= 15 is 0 Å². The molecule has 12 heteroatoms. The van der Waals surface area contributed by atoms with E-state index in [0.29, 0.717) is 23.1 Å². The Hall–Kier alpha value is -3.93. The lowest BCUT2D eigenvalue weighted by atomic mass is 10.2. The molecule has 36 heavy (non-hydrogen) atoms. The van der Waals surface area contributed by atoms with Crippen LogP contribution in [0.5, 0.6) is 0 Å². The maximum absolute atomic E-state index is 12.8. The number of hydrogen-bond acceptors (Lipinski definition) is 9. The molecule has 0 aliphatic carbocycles. The van der Waals surface area contributed by atoms with E-state index in [1.165, 1.54) is 11.3 Å². The van der Waals surface area contributed by atoms with Crippen LogP contribution in [-0.4, -0.2) is 30.1 Å². The molecule has 5 heterocycles. The zero-order valence-electron chi connectivity index (χ0n) is 20.1. The number of hydrogen-bond donors (Lipinski definition) is 0. The summed E-state index contributed by atoms with van der Waals surface area (Å²) < 4.78 is 42.7. The topological polar surface area (TPSA) is 93.7 Å². The van der Waals surface area contributed by atoms with Crippen molar-refractivity contribution in [1.29, 1.82) is 0 Å². The highest BCUT2D eigenvalue weighted by Gasteiger charge is 2.38. The van der Waals surface area contributed by atoms with Gasteiger partial charge in [0.15, 0.2) is 5.82 Å². The number of pyridine rings is 2. The minimum absolute atomic E-state index is 0.118. The molecule has 0 radical (unpaired) electrons. The zero-order valence-corrected chi connectivity index (χ0v) is 20.9. The van der Waals surface area contributed by atoms with Crippen molar-refractivity contribution in [3.8, 4) is 10.7 Å². The van der Waals surface area contributed by atoms with Gasteiger partial charge in [-0.2, -0.15) is 18.2 Å². The van der Waals surface area contributed by atoms with Crippen LogP contribution in [0, 0.1) is 0 Å². The number of rotatable bonds is 5. The number of nitrogens with zero attached hydrogens (tertiary/aromatic N) is 7. The third-order valence-electron chi connectivity index (χ3n) is 4.45. The summed E-state index contributed by atoms with van der Waals surface area (Å²) in [6.45, 7) is 8.34. The predicted molar refractivity (Wildman–Crippen MR) is 133 cm³/mol. The molecule has 0 saturated heterocycles. The average Bonchev–Trinajstić information content (AvgIpc) is 3.60. The quantitative estimate of drug-likeness (QED) is 0.248. The van der Waals surface area contributed by atoms with Gasteiger partial charge in [-0.3, -0.25) is 9.97 Å². The Morgan fingerprint density at radius 3 is 2.42 bits per heavy atom. The van der Waals surface area contributed by atoms with Gasteiger partial charge in [-0.15, -0.1) is 11.3 Å². The van der Waals surface area contributed by atoms with E-state index in [9.17, 15) is 13.2 Å². The monoisotopic (exact) mass is 515 g/mol. The molecule has 0 spiro atoms. The molecule has 5 rings (SSSR count). The number of fused-ring (bicyclic) bond motifs is 1. The van der Waals surface area contributed by atoms with E-state index in [1.807, 2.05) is 50.8 Å². The fourth-order valence-corrected chi connectivity index (χ4v) is 4.00. The van der Waals surface area contributed by atoms with Crippen LogP contribution in [0.1, 0.15) is 38.5 Å². The molecule has 0 saturated carbocycles. The van der Waals surface area contributed by atoms with E-state index in [0.717, 1.165) is 15.8 Å². The molecule has 0 atom stereocenters. The Morgan fingerprint density at radius 2 is 1.72 bits per heavy atom. The van der Waals surface area contributed by atoms with Crippen LogP contribution in [-0.2, 0) is 12.7 Å². The van der Waals surface area contributed by atoms with Gasteiger partial charge < -0.3 is 9.42 Å². The second-order valence-electron chi connectivity index (χ2n) is 6.54. The van der Waals surface area contributed by atoms with E-state index in [4.69, 9.17) is 0 Å². The summed E-state index contributed by atoms with van der Waals surface area (Å²) in [5, 5.41) is 4.27. The molecule has 5 aromatic rings. The summed E-state index contributed by atoms with van der Waals surface area (Å²) in [7, 11) is 0. The van der Waals surface area contributed by atoms with Gasteiger partial charge in [0, 0.05) is 35.1 Å². The largest absolute Gasteiger partial charge is 0.471 e. The van der Waals surface area contributed by atoms with Crippen LogP contribution < -0.4 is 4.90 Å². The van der Waals surface area contributed by atoms with Gasteiger partial charge in [0.05, 0.1) is 23.1 Å². The van der Waals surface area contributed by atoms with Crippen LogP contribution in [0.25, 0.3) is 21.6 Å². The summed E-state index contributed by atoms with van der Waals surface area (Å²) in [4.78, 5) is 24.0. The van der Waals surface area contributed by atoms with Crippen LogP contribution >= 0.6 is 11.3 Å². The highest BCUT2D eigenvalue weighted by atomic mass is 32.1. The first-order chi connectivity index (χ1) is 17.5. The highest BCUT2D eigenvalue weighted by molar-refractivity contribution is 7.15. The lowest BCUT2D eigenvalue weighted by Crippen LogP contribution is -2.18. The first-order valence-corrected chi connectivity index (χ1v) is 12.0. The molecule has 0 bridgehead atoms. The van der Waals surface area contributed by atoms with Gasteiger partial charge in [0.25, 0.3) is 0 Å². The molecule has 188 valence electrons. The SMILES string of the molecule is CC.CC.FC(F)(F)c1nc(-c2ccc(CN(c3cnccn3)c3nccc4ncccc34)s2)no1. The van der Waals surface area contributed by atoms with Crippen molar-refractivity contribution in [2.75, 3.05) is 4.90 Å². The van der Waals surface area contributed by atoms with Crippen LogP contribution in [0.2, 0.25) is 0 Å². The summed E-state index contributed by atoms with van der Waals surface area (Å²) in [5.74, 6) is -0.307. The minimum Gasteiger partial charge on any atom is -0.329 e. The van der Waals surface area contributed by atoms with Crippen LogP contribution in [0.15, 0.2) is 65.8 Å². The maximum Gasteiger partial charge on any atom is 0.471 e. The molecule has 0 aromatic carbocycles. The summed E-state index contributed by atoms with van der Waals surface area (Å²) >= 11 is 1.25. The normalized spacial score (nSPS) is 10.8. The lowest BCUT2D eigenvalue weighted by molar-refractivity contribution is -0.159. The number of alkyl halides is 3. The highest BCUT2D eigenvalue weighted by Crippen LogP contribution is 2.34. The number of aromatic nitrogens is 6. The van der Waals surface area contributed by atoms with Gasteiger partial charge >= 0.3 is 12.1 Å². The van der Waals surface area contributed by atoms with Gasteiger partial charge in [-0.25, -0.2) is 9.97 Å². The Bertz CT molecular complexity index is 1370. The Kier molecular flexibility index (Phi) is 9.01. The van der Waals surface area contributed by atoms with Crippen molar-refractivity contribution in [2.24, 2.45) is 0 Å². The third kappa shape index (κ3) is 6.00. The maximum atomic E-state index is 12.8. The van der Waals surface area contributed by atoms with Gasteiger partial charge in [-0.1, -0.05) is 32.9 Å². The van der Waals surface area contributed by atoms with Gasteiger partial charge in [-0.05, 0) is 30.3 Å². The molecule has 5 aromatic heterocycles. The molecule has 0 aliphatic rings. The van der Waals surface area contributed by atoms with Crippen molar-refractivity contribution in [3.63, 3.8) is 0 Å². The Labute approximate surface area is 209 Å². The number of thiophene rings is 1.